The van der Waals surface area contributed by atoms with Gasteiger partial charge < -0.3 is 11.1 Å². The maximum absolute atomic E-state index is 14.8. The number of nitrogens with zero attached hydrogens (tertiary/aromatic N) is 2. The Bertz CT molecular complexity index is 891. The Morgan fingerprint density at radius 3 is 2.82 bits per heavy atom. The van der Waals surface area contributed by atoms with Crippen LogP contribution in [-0.2, 0) is 0 Å². The fourth-order valence-electron chi connectivity index (χ4n) is 2.41. The number of hydrogen-bond donors (Lipinski definition) is 2. The van der Waals surface area contributed by atoms with Gasteiger partial charge >= 0.3 is 0 Å². The molecule has 3 rings (SSSR count). The van der Waals surface area contributed by atoms with Crippen LogP contribution >= 0.6 is 0 Å². The molecule has 0 saturated carbocycles. The highest BCUT2D eigenvalue weighted by atomic mass is 19.1. The molecule has 0 saturated heterocycles. The number of rotatable bonds is 2. The number of aromatic nitrogens is 2. The number of anilines is 1. The van der Waals surface area contributed by atoms with Crippen LogP contribution in [0.5, 0.6) is 0 Å². The molecule has 2 aromatic rings. The zero-order valence-electron chi connectivity index (χ0n) is 11.7. The third kappa shape index (κ3) is 2.13. The lowest BCUT2D eigenvalue weighted by atomic mass is 9.92. The van der Waals surface area contributed by atoms with Crippen molar-refractivity contribution in [3.05, 3.63) is 72.4 Å². The summed E-state index contributed by atoms with van der Waals surface area (Å²) < 4.78 is 14.8. The van der Waals surface area contributed by atoms with Crippen molar-refractivity contribution < 1.29 is 4.39 Å². The summed E-state index contributed by atoms with van der Waals surface area (Å²) in [6.45, 7) is 3.56. The molecule has 4 nitrogen and oxygen atoms in total. The first-order valence-corrected chi connectivity index (χ1v) is 6.63. The normalized spacial score (nSPS) is 16.6. The minimum absolute atomic E-state index is 0.107. The number of nitrogens with one attached hydrogen (secondary N) is 1. The van der Waals surface area contributed by atoms with E-state index in [1.54, 1.807) is 30.4 Å². The van der Waals surface area contributed by atoms with Gasteiger partial charge in [-0.2, -0.15) is 0 Å². The second-order valence-electron chi connectivity index (χ2n) is 4.75. The molecule has 22 heavy (non-hydrogen) atoms. The van der Waals surface area contributed by atoms with E-state index in [1.807, 2.05) is 0 Å². The molecule has 108 valence electrons. The molecule has 0 atom stereocenters. The molecule has 0 radical (unpaired) electrons. The van der Waals surface area contributed by atoms with Gasteiger partial charge in [-0.25, -0.2) is 14.4 Å². The zero-order valence-corrected chi connectivity index (χ0v) is 11.7. The van der Waals surface area contributed by atoms with Gasteiger partial charge in [0.25, 0.3) is 0 Å². The van der Waals surface area contributed by atoms with Crippen molar-refractivity contribution in [3.63, 3.8) is 0 Å². The maximum Gasteiger partial charge on any atom is 0.140 e. The third-order valence-corrected chi connectivity index (χ3v) is 3.45. The lowest BCUT2D eigenvalue weighted by molar-refractivity contribution is 0.663. The van der Waals surface area contributed by atoms with Gasteiger partial charge in [0.05, 0.1) is 11.2 Å². The van der Waals surface area contributed by atoms with Gasteiger partial charge in [0.1, 0.15) is 18.0 Å². The molecule has 0 spiro atoms. The van der Waals surface area contributed by atoms with E-state index in [-0.39, 0.29) is 11.3 Å². The quantitative estimate of drug-likeness (QED) is 0.888. The minimum atomic E-state index is -0.475. The predicted molar refractivity (Wildman–Crippen MR) is 87.1 cm³/mol. The van der Waals surface area contributed by atoms with Gasteiger partial charge in [-0.15, -0.1) is 0 Å². The van der Waals surface area contributed by atoms with Crippen LogP contribution in [0.3, 0.4) is 0 Å². The molecule has 0 fully saturated rings. The molecule has 0 amide bonds. The van der Waals surface area contributed by atoms with Crippen LogP contribution in [0.4, 0.5) is 10.2 Å². The van der Waals surface area contributed by atoms with Crippen LogP contribution in [0.2, 0.25) is 0 Å². The number of nitrogen functional groups attached to an aromatic ring is 1. The zero-order chi connectivity index (χ0) is 15.7. The summed E-state index contributed by atoms with van der Waals surface area (Å²) in [6, 6.07) is 5.35. The van der Waals surface area contributed by atoms with Crippen molar-refractivity contribution in [2.45, 2.75) is 0 Å². The van der Waals surface area contributed by atoms with E-state index in [0.29, 0.717) is 27.9 Å². The Labute approximate surface area is 126 Å². The molecule has 3 N–H and O–H groups in total. The van der Waals surface area contributed by atoms with Crippen molar-refractivity contribution >= 4 is 28.0 Å². The molecule has 5 heteroatoms. The number of nitrogens with two attached hydrogens (primary N) is 1. The Kier molecular flexibility index (Phi) is 3.39. The van der Waals surface area contributed by atoms with Crippen LogP contribution in [0, 0.1) is 5.41 Å². The number of fused-ring (bicyclic) bond motifs is 1. The second-order valence-corrected chi connectivity index (χ2v) is 4.75. The molecule has 1 heterocycles. The summed E-state index contributed by atoms with van der Waals surface area (Å²) >= 11 is 0. The van der Waals surface area contributed by atoms with Crippen molar-refractivity contribution in [1.82, 2.24) is 9.97 Å². The molecular weight excluding hydrogens is 279 g/mol. The molecule has 1 aliphatic rings. The topological polar surface area (TPSA) is 75.7 Å². The Balaban J connectivity index is 2.30. The summed E-state index contributed by atoms with van der Waals surface area (Å²) in [4.78, 5) is 8.17. The van der Waals surface area contributed by atoms with E-state index in [0.717, 1.165) is 0 Å². The number of para-hydroxylation sites is 1. The number of halogens is 1. The Morgan fingerprint density at radius 1 is 1.23 bits per heavy atom. The van der Waals surface area contributed by atoms with Crippen LogP contribution in [0.1, 0.15) is 5.56 Å². The van der Waals surface area contributed by atoms with Crippen molar-refractivity contribution in [2.24, 2.45) is 0 Å². The first kappa shape index (κ1) is 13.9. The van der Waals surface area contributed by atoms with E-state index >= 15 is 0 Å². The monoisotopic (exact) mass is 292 g/mol. The minimum Gasteiger partial charge on any atom is -0.383 e. The van der Waals surface area contributed by atoms with Crippen LogP contribution < -0.4 is 5.73 Å². The summed E-state index contributed by atoms with van der Waals surface area (Å²) in [5.74, 6) is -0.126. The first-order valence-electron chi connectivity index (χ1n) is 6.63. The summed E-state index contributed by atoms with van der Waals surface area (Å²) in [5, 5.41) is 8.48. The second kappa shape index (κ2) is 5.37. The van der Waals surface area contributed by atoms with E-state index in [9.17, 15) is 4.39 Å². The highest BCUT2D eigenvalue weighted by molar-refractivity contribution is 6.15. The van der Waals surface area contributed by atoms with Gasteiger partial charge in [0.2, 0.25) is 0 Å². The van der Waals surface area contributed by atoms with E-state index in [1.165, 1.54) is 18.5 Å². The molecule has 1 aliphatic carbocycles. The van der Waals surface area contributed by atoms with Gasteiger partial charge in [-0.3, -0.25) is 0 Å². The third-order valence-electron chi connectivity index (χ3n) is 3.45. The highest BCUT2D eigenvalue weighted by Gasteiger charge is 2.20. The summed E-state index contributed by atoms with van der Waals surface area (Å²) in [7, 11) is 0. The molecule has 0 unspecified atom stereocenters. The fraction of sp³-hybridized carbons (Fsp3) is 0. The van der Waals surface area contributed by atoms with E-state index in [2.05, 4.69) is 16.5 Å². The van der Waals surface area contributed by atoms with Gasteiger partial charge in [0.15, 0.2) is 0 Å². The molecular formula is C17H13FN4. The van der Waals surface area contributed by atoms with Crippen LogP contribution in [-0.4, -0.2) is 15.7 Å². The predicted octanol–water partition coefficient (Wildman–Crippen LogP) is 3.59. The average Bonchev–Trinajstić information content (AvgIpc) is 2.52. The van der Waals surface area contributed by atoms with Gasteiger partial charge in [-0.1, -0.05) is 30.9 Å². The largest absolute Gasteiger partial charge is 0.383 e. The van der Waals surface area contributed by atoms with E-state index < -0.39 is 5.83 Å². The van der Waals surface area contributed by atoms with Crippen molar-refractivity contribution in [1.29, 1.82) is 5.41 Å². The number of benzene rings is 1. The average molecular weight is 292 g/mol. The van der Waals surface area contributed by atoms with Crippen LogP contribution in [0.25, 0.3) is 16.5 Å². The smallest absolute Gasteiger partial charge is 0.140 e. The lowest BCUT2D eigenvalue weighted by Gasteiger charge is -2.15. The highest BCUT2D eigenvalue weighted by Crippen LogP contribution is 2.34. The Morgan fingerprint density at radius 2 is 2.05 bits per heavy atom. The molecule has 0 bridgehead atoms. The number of allylic oxidation sites excluding steroid dienone is 7. The van der Waals surface area contributed by atoms with Crippen molar-refractivity contribution in [2.75, 3.05) is 5.73 Å². The lowest BCUT2D eigenvalue weighted by Crippen LogP contribution is -2.06. The summed E-state index contributed by atoms with van der Waals surface area (Å²) in [6.07, 6.45) is 7.43. The first-order chi connectivity index (χ1) is 10.6. The van der Waals surface area contributed by atoms with Crippen molar-refractivity contribution in [3.8, 4) is 0 Å². The van der Waals surface area contributed by atoms with Crippen LogP contribution in [0.15, 0.2) is 66.8 Å². The van der Waals surface area contributed by atoms with Gasteiger partial charge in [-0.05, 0) is 18.2 Å². The summed E-state index contributed by atoms with van der Waals surface area (Å²) in [5.41, 5.74) is 7.72. The van der Waals surface area contributed by atoms with Gasteiger partial charge in [0, 0.05) is 22.1 Å². The maximum atomic E-state index is 14.8. The fourth-order valence-corrected chi connectivity index (χ4v) is 2.41. The molecule has 0 aliphatic heterocycles. The SMILES string of the molecule is C=C/C=C1\C(=N)C=CC(c2cccc3c(N)ncnc23)=C1F. The Hall–Kier alpha value is -3.08. The number of hydrogen-bond acceptors (Lipinski definition) is 4. The standard InChI is InChI=1S/C17H13FN4/c1-2-4-12-14(19)8-7-10(15(12)18)11-5-3-6-13-16(11)21-9-22-17(13)20/h2-9,19H,1H2,(H2,20,21,22)/b12-4+,19-14?. The molecule has 1 aromatic heterocycles. The molecule has 1 aromatic carbocycles. The van der Waals surface area contributed by atoms with E-state index in [4.69, 9.17) is 11.1 Å².